The Balaban J connectivity index is 1.32. The number of esters is 3. The van der Waals surface area contributed by atoms with Crippen LogP contribution in [0.2, 0.25) is 18.1 Å². The van der Waals surface area contributed by atoms with E-state index < -0.39 is 131 Å². The van der Waals surface area contributed by atoms with Gasteiger partial charge in [-0.15, -0.1) is 0 Å². The number of ketones is 2. The molecule has 23 heteroatoms. The average Bonchev–Trinajstić information content (AvgIpc) is 4.01. The number of hydrogen-bond donors (Lipinski definition) is 2. The summed E-state index contributed by atoms with van der Waals surface area (Å²) in [4.78, 5) is 68.8. The van der Waals surface area contributed by atoms with Gasteiger partial charge in [-0.2, -0.15) is 0 Å². The average molecular weight is 1110 g/mol. The number of azide groups is 1. The van der Waals surface area contributed by atoms with Crippen molar-refractivity contribution in [1.29, 1.82) is 0 Å². The maximum Gasteiger partial charge on any atom is 0.338 e. The van der Waals surface area contributed by atoms with Gasteiger partial charge in [-0.1, -0.05) is 105 Å². The van der Waals surface area contributed by atoms with Crippen molar-refractivity contribution in [3.63, 3.8) is 0 Å². The Morgan fingerprint density at radius 3 is 1.76 bits per heavy atom. The van der Waals surface area contributed by atoms with Crippen molar-refractivity contribution < 1.29 is 90.7 Å². The van der Waals surface area contributed by atoms with Gasteiger partial charge < -0.3 is 76.3 Å². The second-order valence-corrected chi connectivity index (χ2v) is 26.0. The van der Waals surface area contributed by atoms with Crippen LogP contribution in [-0.4, -0.2) is 160 Å². The molecule has 2 N–H and O–H groups in total. The van der Waals surface area contributed by atoms with Crippen LogP contribution in [0, 0.1) is 0 Å². The van der Waals surface area contributed by atoms with Crippen molar-refractivity contribution in [2.24, 2.45) is 5.11 Å². The van der Waals surface area contributed by atoms with Crippen molar-refractivity contribution in [3.8, 4) is 0 Å². The number of ether oxygens (including phenoxy) is 11. The minimum atomic E-state index is -2.72. The molecule has 4 saturated heterocycles. The molecule has 3 aromatic rings. The molecule has 4 aliphatic heterocycles. The highest BCUT2D eigenvalue weighted by molar-refractivity contribution is 6.74. The smallest absolute Gasteiger partial charge is 0.338 e. The molecule has 4 fully saturated rings. The molecule has 78 heavy (non-hydrogen) atoms. The van der Waals surface area contributed by atoms with Crippen LogP contribution in [0.1, 0.15) is 81.8 Å². The minimum Gasteiger partial charge on any atom is -0.459 e. The monoisotopic (exact) mass is 1110 g/mol. The number of Topliss-reactive ketones (excluding diaryl/α,β-unsaturated/α-hetero) is 2. The quantitative estimate of drug-likeness (QED) is 0.0247. The van der Waals surface area contributed by atoms with Crippen molar-refractivity contribution in [2.75, 3.05) is 19.8 Å². The third-order valence-corrected chi connectivity index (χ3v) is 18.8. The van der Waals surface area contributed by atoms with Gasteiger partial charge in [-0.3, -0.25) is 9.59 Å². The summed E-state index contributed by atoms with van der Waals surface area (Å²) >= 11 is 0. The predicted octanol–water partition coefficient (Wildman–Crippen LogP) is 5.97. The molecule has 0 aromatic heterocycles. The number of carbonyl (C=O) groups is 5. The van der Waals surface area contributed by atoms with E-state index in [1.807, 2.05) is 70.3 Å². The van der Waals surface area contributed by atoms with Gasteiger partial charge in [0.2, 0.25) is 0 Å². The standard InChI is InChI=1S/C55H71N3O19Si/c1-32(60)23-25-40(62)73-46-42(57-58-56)52(76-45-38-30-68-53(72-38)50(74-41(63)26-24-33(2)61)48(45)67-29-35-19-13-9-14-20-35)71-39(31-69-78(6,7)55(3,4)5)44(46)77-54-49(75-51(65)36-21-15-10-16-22-36)47(43(64)37(27-59)70-54)66-28-34-17-11-8-12-18-34/h8-22,37-39,42-50,52-54,59,64H,23-31H2,1-7H3/t37-,38+,39-,42-,43-,44-,45-,46-,47+,48+,49-,50+,52-,53-,54+/m1/s1. The lowest BCUT2D eigenvalue weighted by molar-refractivity contribution is -0.359. The lowest BCUT2D eigenvalue weighted by Crippen LogP contribution is -2.67. The summed E-state index contributed by atoms with van der Waals surface area (Å²) in [6, 6.07) is 24.5. The second-order valence-electron chi connectivity index (χ2n) is 21.2. The van der Waals surface area contributed by atoms with Gasteiger partial charge in [-0.25, -0.2) is 4.79 Å². The number of aliphatic hydroxyl groups excluding tert-OH is 2. The number of fused-ring (bicyclic) bond motifs is 2. The number of nitrogens with zero attached hydrogens (tertiary/aromatic N) is 3. The van der Waals surface area contributed by atoms with Gasteiger partial charge in [-0.05, 0) is 60.8 Å². The highest BCUT2D eigenvalue weighted by Gasteiger charge is 2.59. The zero-order valence-corrected chi connectivity index (χ0v) is 45.9. The van der Waals surface area contributed by atoms with Crippen molar-refractivity contribution in [3.05, 3.63) is 118 Å². The molecular weight excluding hydrogens is 1030 g/mol. The molecule has 0 spiro atoms. The fraction of sp³-hybridized carbons (Fsp3) is 0.582. The van der Waals surface area contributed by atoms with Crippen LogP contribution < -0.4 is 0 Å². The Hall–Kier alpha value is -5.50. The molecule has 424 valence electrons. The van der Waals surface area contributed by atoms with Crippen LogP contribution in [-0.2, 0) is 88.9 Å². The summed E-state index contributed by atoms with van der Waals surface area (Å²) in [5, 5.41) is 26.3. The summed E-state index contributed by atoms with van der Waals surface area (Å²) in [6.07, 6.45) is -20.7. The maximum atomic E-state index is 14.1. The second kappa shape index (κ2) is 27.6. The highest BCUT2D eigenvalue weighted by Crippen LogP contribution is 2.41. The summed E-state index contributed by atoms with van der Waals surface area (Å²) in [5.74, 6) is -3.05. The normalized spacial score (nSPS) is 29.9. The lowest BCUT2D eigenvalue weighted by Gasteiger charge is -2.50. The first kappa shape index (κ1) is 60.1. The maximum absolute atomic E-state index is 14.1. The van der Waals surface area contributed by atoms with E-state index in [-0.39, 0.29) is 67.9 Å². The van der Waals surface area contributed by atoms with Gasteiger partial charge in [0.1, 0.15) is 72.5 Å². The Morgan fingerprint density at radius 2 is 1.21 bits per heavy atom. The van der Waals surface area contributed by atoms with Gasteiger partial charge >= 0.3 is 17.9 Å². The summed E-state index contributed by atoms with van der Waals surface area (Å²) < 4.78 is 77.3. The van der Waals surface area contributed by atoms with E-state index in [4.69, 9.17) is 56.5 Å². The SMILES string of the molecule is CC(=O)CCC(=O)O[C@@H]1[C@@H]2OC[C@H](O2)[C@@H](O[C@H]2O[C@H](CO[Si](C)(C)C(C)(C)C)[C@@H](O[C@@H]3O[C@H](CO)[C@@H](O)[C@H](OCc4ccccc4)[C@H]3OC(=O)c3ccccc3)[C@H](OC(=O)CCC(C)=O)[C@H]2N=[N+]=[N-])[C@@H]1OCc1ccccc1. The van der Waals surface area contributed by atoms with Crippen molar-refractivity contribution in [1.82, 2.24) is 0 Å². The summed E-state index contributed by atoms with van der Waals surface area (Å²) in [5.41, 5.74) is 11.9. The topological polar surface area (TPSA) is 285 Å². The molecule has 0 radical (unpaired) electrons. The van der Waals surface area contributed by atoms with Crippen LogP contribution in [0.5, 0.6) is 0 Å². The van der Waals surface area contributed by atoms with Crippen molar-refractivity contribution >= 4 is 37.8 Å². The third kappa shape index (κ3) is 15.7. The largest absolute Gasteiger partial charge is 0.459 e. The Kier molecular flexibility index (Phi) is 21.3. The van der Waals surface area contributed by atoms with E-state index >= 15 is 0 Å². The van der Waals surface area contributed by atoms with Gasteiger partial charge in [0.25, 0.3) is 0 Å². The first-order valence-corrected chi connectivity index (χ1v) is 29.0. The zero-order chi connectivity index (χ0) is 56.1. The molecule has 0 amide bonds. The molecular formula is C55H71N3O19Si. The van der Waals surface area contributed by atoms with Crippen LogP contribution >= 0.6 is 0 Å². The molecule has 15 atom stereocenters. The molecule has 0 unspecified atom stereocenters. The predicted molar refractivity (Wildman–Crippen MR) is 276 cm³/mol. The third-order valence-electron chi connectivity index (χ3n) is 14.3. The summed E-state index contributed by atoms with van der Waals surface area (Å²) in [6.45, 7) is 11.5. The van der Waals surface area contributed by atoms with Crippen LogP contribution in [0.4, 0.5) is 0 Å². The molecule has 7 rings (SSSR count). The minimum absolute atomic E-state index is 0.0100. The highest BCUT2D eigenvalue weighted by atomic mass is 28.4. The van der Waals surface area contributed by atoms with E-state index in [9.17, 15) is 39.7 Å². The Bertz CT molecular complexity index is 2520. The first-order valence-electron chi connectivity index (χ1n) is 26.1. The molecule has 0 saturated carbocycles. The van der Waals surface area contributed by atoms with Gasteiger partial charge in [0, 0.05) is 17.8 Å². The fourth-order valence-corrected chi connectivity index (χ4v) is 10.0. The van der Waals surface area contributed by atoms with Gasteiger partial charge in [0.05, 0.1) is 51.4 Å². The van der Waals surface area contributed by atoms with E-state index in [0.29, 0.717) is 5.56 Å². The van der Waals surface area contributed by atoms with E-state index in [1.165, 1.54) is 26.0 Å². The van der Waals surface area contributed by atoms with Crippen LogP contribution in [0.3, 0.4) is 0 Å². The molecule has 4 aliphatic rings. The number of benzene rings is 3. The number of aliphatic hydroxyl groups is 2. The molecule has 3 aromatic carbocycles. The molecule has 2 bridgehead atoms. The van der Waals surface area contributed by atoms with Crippen molar-refractivity contribution in [2.45, 2.75) is 184 Å². The molecule has 0 aliphatic carbocycles. The Morgan fingerprint density at radius 1 is 0.667 bits per heavy atom. The Labute approximate surface area is 453 Å². The van der Waals surface area contributed by atoms with Crippen LogP contribution in [0.15, 0.2) is 96.1 Å². The number of carbonyl (C=O) groups excluding carboxylic acids is 5. The first-order chi connectivity index (χ1) is 37.3. The zero-order valence-electron chi connectivity index (χ0n) is 44.9. The fourth-order valence-electron chi connectivity index (χ4n) is 9.00. The van der Waals surface area contributed by atoms with E-state index in [0.717, 1.165) is 5.56 Å². The molecule has 4 heterocycles. The van der Waals surface area contributed by atoms with E-state index in [2.05, 4.69) is 10.0 Å². The number of hydrogen-bond acceptors (Lipinski definition) is 20. The van der Waals surface area contributed by atoms with Gasteiger partial charge in [0.15, 0.2) is 39.4 Å². The molecule has 22 nitrogen and oxygen atoms in total. The lowest BCUT2D eigenvalue weighted by atomic mass is 9.94. The van der Waals surface area contributed by atoms with E-state index in [1.54, 1.807) is 42.5 Å². The van der Waals surface area contributed by atoms with Crippen LogP contribution in [0.25, 0.3) is 10.4 Å². The summed E-state index contributed by atoms with van der Waals surface area (Å²) in [7, 11) is -2.72. The number of rotatable bonds is 25.